The first-order valence-corrected chi connectivity index (χ1v) is 8.05. The zero-order valence-corrected chi connectivity index (χ0v) is 13.4. The summed E-state index contributed by atoms with van der Waals surface area (Å²) in [4.78, 5) is 16.4. The Balaban J connectivity index is 1.59. The number of amides is 1. The van der Waals surface area contributed by atoms with Crippen LogP contribution in [-0.2, 0) is 9.53 Å². The molecule has 1 aromatic carbocycles. The summed E-state index contributed by atoms with van der Waals surface area (Å²) in [6.45, 7) is 7.91. The van der Waals surface area contributed by atoms with E-state index in [0.29, 0.717) is 13.2 Å². The monoisotopic (exact) mass is 306 g/mol. The molecule has 0 radical (unpaired) electrons. The van der Waals surface area contributed by atoms with Crippen molar-refractivity contribution in [1.82, 2.24) is 9.80 Å². The summed E-state index contributed by atoms with van der Waals surface area (Å²) in [7, 11) is 0. The SMILES string of the molecule is CCN1CCCN(C(=O)COCCOc2ccccc2)CC1. The second-order valence-electron chi connectivity index (χ2n) is 5.38. The first-order chi connectivity index (χ1) is 10.8. The lowest BCUT2D eigenvalue weighted by Crippen LogP contribution is -2.37. The molecule has 122 valence electrons. The largest absolute Gasteiger partial charge is 0.491 e. The van der Waals surface area contributed by atoms with Crippen LogP contribution in [0.2, 0.25) is 0 Å². The van der Waals surface area contributed by atoms with Gasteiger partial charge in [0.05, 0.1) is 6.61 Å². The number of para-hydroxylation sites is 1. The van der Waals surface area contributed by atoms with E-state index in [4.69, 9.17) is 9.47 Å². The summed E-state index contributed by atoms with van der Waals surface area (Å²) in [5.41, 5.74) is 0. The van der Waals surface area contributed by atoms with E-state index in [0.717, 1.165) is 44.9 Å². The lowest BCUT2D eigenvalue weighted by atomic mass is 10.3. The molecular formula is C17H26N2O3. The average molecular weight is 306 g/mol. The molecule has 0 saturated carbocycles. The molecule has 0 unspecified atom stereocenters. The number of nitrogens with zero attached hydrogens (tertiary/aromatic N) is 2. The van der Waals surface area contributed by atoms with E-state index in [9.17, 15) is 4.79 Å². The number of hydrogen-bond donors (Lipinski definition) is 0. The molecule has 0 atom stereocenters. The Bertz CT molecular complexity index is 439. The Morgan fingerprint density at radius 2 is 1.91 bits per heavy atom. The van der Waals surface area contributed by atoms with Gasteiger partial charge in [0.25, 0.3) is 0 Å². The fourth-order valence-corrected chi connectivity index (χ4v) is 2.52. The van der Waals surface area contributed by atoms with Crippen molar-refractivity contribution in [3.8, 4) is 5.75 Å². The summed E-state index contributed by atoms with van der Waals surface area (Å²) in [6, 6.07) is 9.61. The van der Waals surface area contributed by atoms with E-state index >= 15 is 0 Å². The Morgan fingerprint density at radius 1 is 1.09 bits per heavy atom. The highest BCUT2D eigenvalue weighted by molar-refractivity contribution is 5.77. The smallest absolute Gasteiger partial charge is 0.248 e. The molecule has 2 rings (SSSR count). The third kappa shape index (κ3) is 5.66. The highest BCUT2D eigenvalue weighted by atomic mass is 16.5. The molecule has 1 aliphatic rings. The number of carbonyl (C=O) groups is 1. The minimum Gasteiger partial charge on any atom is -0.491 e. The highest BCUT2D eigenvalue weighted by Gasteiger charge is 2.18. The minimum atomic E-state index is 0.0812. The van der Waals surface area contributed by atoms with E-state index < -0.39 is 0 Å². The first kappa shape index (κ1) is 16.8. The Kier molecular flexibility index (Phi) is 7.19. The molecule has 1 amide bonds. The fourth-order valence-electron chi connectivity index (χ4n) is 2.52. The van der Waals surface area contributed by atoms with Gasteiger partial charge >= 0.3 is 0 Å². The van der Waals surface area contributed by atoms with Gasteiger partial charge in [0.15, 0.2) is 0 Å². The van der Waals surface area contributed by atoms with E-state index in [1.807, 2.05) is 35.2 Å². The van der Waals surface area contributed by atoms with Crippen molar-refractivity contribution < 1.29 is 14.3 Å². The van der Waals surface area contributed by atoms with Crippen LogP contribution in [0.15, 0.2) is 30.3 Å². The number of likely N-dealkylation sites (N-methyl/N-ethyl adjacent to an activating group) is 1. The third-order valence-electron chi connectivity index (χ3n) is 3.85. The van der Waals surface area contributed by atoms with Crippen LogP contribution in [0.3, 0.4) is 0 Å². The summed E-state index contributed by atoms with van der Waals surface area (Å²) in [6.07, 6.45) is 1.04. The van der Waals surface area contributed by atoms with E-state index in [1.165, 1.54) is 0 Å². The van der Waals surface area contributed by atoms with Crippen molar-refractivity contribution >= 4 is 5.91 Å². The molecule has 1 aliphatic heterocycles. The van der Waals surface area contributed by atoms with Crippen molar-refractivity contribution in [3.05, 3.63) is 30.3 Å². The highest BCUT2D eigenvalue weighted by Crippen LogP contribution is 2.07. The summed E-state index contributed by atoms with van der Waals surface area (Å²) in [5, 5.41) is 0. The number of hydrogen-bond acceptors (Lipinski definition) is 4. The zero-order chi connectivity index (χ0) is 15.6. The molecule has 0 N–H and O–H groups in total. The molecule has 1 heterocycles. The van der Waals surface area contributed by atoms with Gasteiger partial charge in [-0.25, -0.2) is 0 Å². The van der Waals surface area contributed by atoms with Gasteiger partial charge in [-0.1, -0.05) is 25.1 Å². The topological polar surface area (TPSA) is 42.0 Å². The normalized spacial score (nSPS) is 16.3. The molecule has 5 nitrogen and oxygen atoms in total. The van der Waals surface area contributed by atoms with Crippen LogP contribution in [0.4, 0.5) is 0 Å². The van der Waals surface area contributed by atoms with E-state index in [1.54, 1.807) is 0 Å². The maximum Gasteiger partial charge on any atom is 0.248 e. The van der Waals surface area contributed by atoms with Crippen molar-refractivity contribution in [1.29, 1.82) is 0 Å². The van der Waals surface area contributed by atoms with Crippen LogP contribution in [0, 0.1) is 0 Å². The summed E-state index contributed by atoms with van der Waals surface area (Å²) >= 11 is 0. The van der Waals surface area contributed by atoms with Gasteiger partial charge in [-0.3, -0.25) is 4.79 Å². The average Bonchev–Trinajstić information content (AvgIpc) is 2.81. The molecule has 0 bridgehead atoms. The van der Waals surface area contributed by atoms with Gasteiger partial charge in [0, 0.05) is 19.6 Å². The number of rotatable bonds is 7. The molecule has 1 fully saturated rings. The molecule has 0 aromatic heterocycles. The minimum absolute atomic E-state index is 0.0812. The van der Waals surface area contributed by atoms with Gasteiger partial charge in [0.1, 0.15) is 19.0 Å². The second kappa shape index (κ2) is 9.43. The zero-order valence-electron chi connectivity index (χ0n) is 13.4. The number of carbonyl (C=O) groups excluding carboxylic acids is 1. The second-order valence-corrected chi connectivity index (χ2v) is 5.38. The fraction of sp³-hybridized carbons (Fsp3) is 0.588. The Morgan fingerprint density at radius 3 is 2.68 bits per heavy atom. The van der Waals surface area contributed by atoms with Crippen LogP contribution in [-0.4, -0.2) is 68.3 Å². The van der Waals surface area contributed by atoms with Gasteiger partial charge in [-0.05, 0) is 31.6 Å². The van der Waals surface area contributed by atoms with Crippen LogP contribution >= 0.6 is 0 Å². The van der Waals surface area contributed by atoms with Crippen molar-refractivity contribution in [3.63, 3.8) is 0 Å². The van der Waals surface area contributed by atoms with Gasteiger partial charge in [-0.15, -0.1) is 0 Å². The molecular weight excluding hydrogens is 280 g/mol. The molecule has 1 saturated heterocycles. The van der Waals surface area contributed by atoms with Crippen molar-refractivity contribution in [2.45, 2.75) is 13.3 Å². The van der Waals surface area contributed by atoms with Gasteiger partial charge in [0.2, 0.25) is 5.91 Å². The summed E-state index contributed by atoms with van der Waals surface area (Å²) < 4.78 is 11.0. The lowest BCUT2D eigenvalue weighted by Gasteiger charge is -2.21. The molecule has 1 aromatic rings. The van der Waals surface area contributed by atoms with Gasteiger partial charge < -0.3 is 19.3 Å². The standard InChI is InChI=1S/C17H26N2O3/c1-2-18-9-6-10-19(12-11-18)17(20)15-21-13-14-22-16-7-4-3-5-8-16/h3-5,7-8H,2,6,9-15H2,1H3. The maximum absolute atomic E-state index is 12.1. The van der Waals surface area contributed by atoms with Crippen LogP contribution in [0.25, 0.3) is 0 Å². The Hall–Kier alpha value is -1.59. The van der Waals surface area contributed by atoms with Crippen molar-refractivity contribution in [2.75, 3.05) is 52.5 Å². The lowest BCUT2D eigenvalue weighted by molar-refractivity contribution is -0.136. The van der Waals surface area contributed by atoms with Crippen molar-refractivity contribution in [2.24, 2.45) is 0 Å². The maximum atomic E-state index is 12.1. The van der Waals surface area contributed by atoms with Crippen LogP contribution < -0.4 is 4.74 Å². The predicted molar refractivity (Wildman–Crippen MR) is 86.1 cm³/mol. The molecule has 22 heavy (non-hydrogen) atoms. The van der Waals surface area contributed by atoms with Gasteiger partial charge in [-0.2, -0.15) is 0 Å². The van der Waals surface area contributed by atoms with Crippen LogP contribution in [0.1, 0.15) is 13.3 Å². The molecule has 5 heteroatoms. The number of benzene rings is 1. The van der Waals surface area contributed by atoms with E-state index in [-0.39, 0.29) is 12.5 Å². The molecule has 0 spiro atoms. The Labute approximate surface area is 132 Å². The first-order valence-electron chi connectivity index (χ1n) is 8.05. The predicted octanol–water partition coefficient (Wildman–Crippen LogP) is 1.64. The van der Waals surface area contributed by atoms with E-state index in [2.05, 4.69) is 11.8 Å². The quantitative estimate of drug-likeness (QED) is 0.718. The third-order valence-corrected chi connectivity index (χ3v) is 3.85. The molecule has 0 aliphatic carbocycles. The van der Waals surface area contributed by atoms with Crippen LogP contribution in [0.5, 0.6) is 5.75 Å². The number of ether oxygens (including phenoxy) is 2. The summed E-state index contributed by atoms with van der Waals surface area (Å²) in [5.74, 6) is 0.905.